The number of hydrogen-bond donors (Lipinski definition) is 0. The smallest absolute Gasteiger partial charge is 0.256 e. The molecule has 0 saturated carbocycles. The van der Waals surface area contributed by atoms with Crippen molar-refractivity contribution in [2.45, 2.75) is 31.5 Å². The van der Waals surface area contributed by atoms with Crippen LogP contribution in [-0.2, 0) is 6.42 Å². The molecule has 6 heteroatoms. The fourth-order valence-electron chi connectivity index (χ4n) is 4.48. The third-order valence-corrected chi connectivity index (χ3v) is 6.31. The molecule has 1 amide bonds. The van der Waals surface area contributed by atoms with Crippen LogP contribution in [0.3, 0.4) is 0 Å². The van der Waals surface area contributed by atoms with Crippen molar-refractivity contribution in [3.63, 3.8) is 0 Å². The summed E-state index contributed by atoms with van der Waals surface area (Å²) in [5.41, 5.74) is 4.52. The summed E-state index contributed by atoms with van der Waals surface area (Å²) in [7, 11) is 2.33. The molecule has 162 valence electrons. The summed E-state index contributed by atoms with van der Waals surface area (Å²) >= 11 is 0. The van der Waals surface area contributed by atoms with Gasteiger partial charge in [0.25, 0.3) is 5.91 Å². The van der Waals surface area contributed by atoms with Crippen molar-refractivity contribution >= 4 is 25.0 Å². The minimum Gasteiger partial charge on any atom is -0.339 e. The number of hydrogen-bond acceptors (Lipinski definition) is 3. The molecule has 4 heterocycles. The highest BCUT2D eigenvalue weighted by Gasteiger charge is 2.33. The molecule has 0 spiro atoms. The summed E-state index contributed by atoms with van der Waals surface area (Å²) in [6, 6.07) is 8.05. The molecule has 0 radical (unpaired) electrons. The molecule has 5 nitrogen and oxygen atoms in total. The van der Waals surface area contributed by atoms with Crippen LogP contribution in [0.1, 0.15) is 41.4 Å². The first-order chi connectivity index (χ1) is 15.5. The van der Waals surface area contributed by atoms with E-state index in [9.17, 15) is 4.79 Å². The second kappa shape index (κ2) is 9.39. The lowest BCUT2D eigenvalue weighted by molar-refractivity contribution is 0.0698. The van der Waals surface area contributed by atoms with Crippen molar-refractivity contribution in [2.75, 3.05) is 13.1 Å². The Hall–Kier alpha value is -3.41. The number of carbonyl (C=O) groups is 1. The zero-order valence-corrected chi connectivity index (χ0v) is 18.9. The highest BCUT2D eigenvalue weighted by Crippen LogP contribution is 2.39. The van der Waals surface area contributed by atoms with Gasteiger partial charge >= 0.3 is 0 Å². The second-order valence-corrected chi connectivity index (χ2v) is 8.76. The van der Waals surface area contributed by atoms with E-state index in [0.717, 1.165) is 43.6 Å². The first kappa shape index (κ1) is 21.8. The Kier molecular flexibility index (Phi) is 6.40. The molecule has 0 bridgehead atoms. The third kappa shape index (κ3) is 4.59. The lowest BCUT2D eigenvalue weighted by atomic mass is 9.59. The Morgan fingerprint density at radius 3 is 2.78 bits per heavy atom. The van der Waals surface area contributed by atoms with Crippen molar-refractivity contribution in [2.24, 2.45) is 0 Å². The SMILES string of the molecule is BC1(Cc2ccn3ccnc3c2)CCN(C(=O)c2cccnc2C(/C=C\C)=C/C=C)CC1. The quantitative estimate of drug-likeness (QED) is 0.441. The molecule has 1 fully saturated rings. The van der Waals surface area contributed by atoms with E-state index in [4.69, 9.17) is 0 Å². The van der Waals surface area contributed by atoms with Crippen LogP contribution in [0.15, 0.2) is 79.9 Å². The molecule has 0 aliphatic carbocycles. The van der Waals surface area contributed by atoms with Crippen LogP contribution >= 0.6 is 0 Å². The number of aromatic nitrogens is 3. The Bertz CT molecular complexity index is 1190. The number of likely N-dealkylation sites (tertiary alicyclic amines) is 1. The van der Waals surface area contributed by atoms with Gasteiger partial charge in [-0.05, 0) is 56.0 Å². The average Bonchev–Trinajstić information content (AvgIpc) is 3.27. The van der Waals surface area contributed by atoms with E-state index in [0.29, 0.717) is 11.3 Å². The van der Waals surface area contributed by atoms with Crippen LogP contribution in [0.2, 0.25) is 5.31 Å². The molecule has 0 atom stereocenters. The number of carbonyl (C=O) groups excluding carboxylic acids is 1. The molecule has 0 unspecified atom stereocenters. The van der Waals surface area contributed by atoms with E-state index in [1.165, 1.54) is 5.56 Å². The number of piperidine rings is 1. The topological polar surface area (TPSA) is 50.5 Å². The number of allylic oxidation sites excluding steroid dienone is 5. The van der Waals surface area contributed by atoms with Gasteiger partial charge < -0.3 is 9.30 Å². The molecule has 4 rings (SSSR count). The standard InChI is InChI=1S/C26H29BN4O/c1-3-6-21(7-4-2)24-22(8-5-12-29-24)25(32)31-15-10-26(27,11-16-31)19-20-9-14-30-17-13-28-23(30)18-20/h3-9,12-14,17-18H,1,10-11,15-16,19,27H2,2H3/b7-4-,21-6+. The van der Waals surface area contributed by atoms with E-state index in [1.54, 1.807) is 12.3 Å². The van der Waals surface area contributed by atoms with Crippen LogP contribution in [-0.4, -0.2) is 46.1 Å². The lowest BCUT2D eigenvalue weighted by Gasteiger charge is -2.40. The number of nitrogens with zero attached hydrogens (tertiary/aromatic N) is 4. The van der Waals surface area contributed by atoms with Gasteiger partial charge in [0.05, 0.1) is 11.3 Å². The minimum atomic E-state index is 0.0495. The monoisotopic (exact) mass is 424 g/mol. The molecule has 1 aliphatic heterocycles. The van der Waals surface area contributed by atoms with Gasteiger partial charge in [0.15, 0.2) is 0 Å². The van der Waals surface area contributed by atoms with E-state index < -0.39 is 0 Å². The summed E-state index contributed by atoms with van der Waals surface area (Å²) in [6.07, 6.45) is 18.1. The van der Waals surface area contributed by atoms with E-state index >= 15 is 0 Å². The number of imidazole rings is 1. The number of fused-ring (bicyclic) bond motifs is 1. The first-order valence-electron chi connectivity index (χ1n) is 11.1. The first-order valence-corrected chi connectivity index (χ1v) is 11.1. The average molecular weight is 424 g/mol. The van der Waals surface area contributed by atoms with Crippen LogP contribution in [0, 0.1) is 0 Å². The second-order valence-electron chi connectivity index (χ2n) is 8.76. The number of rotatable bonds is 6. The third-order valence-electron chi connectivity index (χ3n) is 6.31. The van der Waals surface area contributed by atoms with Gasteiger partial charge in [0.2, 0.25) is 0 Å². The van der Waals surface area contributed by atoms with Gasteiger partial charge in [-0.25, -0.2) is 4.98 Å². The van der Waals surface area contributed by atoms with Crippen molar-refractivity contribution < 1.29 is 4.79 Å². The highest BCUT2D eigenvalue weighted by atomic mass is 16.2. The van der Waals surface area contributed by atoms with Crippen LogP contribution in [0.5, 0.6) is 0 Å². The van der Waals surface area contributed by atoms with Crippen LogP contribution < -0.4 is 0 Å². The molecular weight excluding hydrogens is 395 g/mol. The molecular formula is C26H29BN4O. The molecule has 3 aromatic rings. The van der Waals surface area contributed by atoms with Gasteiger partial charge in [-0.3, -0.25) is 9.78 Å². The molecule has 0 aromatic carbocycles. The van der Waals surface area contributed by atoms with Crippen LogP contribution in [0.4, 0.5) is 0 Å². The van der Waals surface area contributed by atoms with Gasteiger partial charge in [-0.1, -0.05) is 36.2 Å². The van der Waals surface area contributed by atoms with E-state index in [-0.39, 0.29) is 11.2 Å². The Balaban J connectivity index is 1.48. The summed E-state index contributed by atoms with van der Waals surface area (Å²) < 4.78 is 2.03. The maximum absolute atomic E-state index is 13.4. The van der Waals surface area contributed by atoms with E-state index in [1.807, 2.05) is 59.0 Å². The number of amides is 1. The van der Waals surface area contributed by atoms with Gasteiger partial charge in [0.1, 0.15) is 13.5 Å². The summed E-state index contributed by atoms with van der Waals surface area (Å²) in [5.74, 6) is 0.0495. The van der Waals surface area contributed by atoms with Crippen molar-refractivity contribution in [3.8, 4) is 0 Å². The Morgan fingerprint density at radius 1 is 1.22 bits per heavy atom. The summed E-state index contributed by atoms with van der Waals surface area (Å²) in [5, 5.41) is 0.165. The Labute approximate surface area is 190 Å². The Morgan fingerprint density at radius 2 is 2.03 bits per heavy atom. The summed E-state index contributed by atoms with van der Waals surface area (Å²) in [4.78, 5) is 24.3. The highest BCUT2D eigenvalue weighted by molar-refractivity contribution is 6.15. The lowest BCUT2D eigenvalue weighted by Crippen LogP contribution is -2.41. The number of pyridine rings is 2. The molecule has 1 aliphatic rings. The predicted octanol–water partition coefficient (Wildman–Crippen LogP) is 4.15. The fraction of sp³-hybridized carbons (Fsp3) is 0.269. The largest absolute Gasteiger partial charge is 0.339 e. The van der Waals surface area contributed by atoms with E-state index in [2.05, 4.69) is 42.7 Å². The molecule has 0 N–H and O–H groups in total. The van der Waals surface area contributed by atoms with Crippen molar-refractivity contribution in [1.82, 2.24) is 19.3 Å². The molecule has 3 aromatic heterocycles. The molecule has 32 heavy (non-hydrogen) atoms. The molecule has 1 saturated heterocycles. The summed E-state index contributed by atoms with van der Waals surface area (Å²) in [6.45, 7) is 7.25. The van der Waals surface area contributed by atoms with Gasteiger partial charge in [0, 0.05) is 43.4 Å². The van der Waals surface area contributed by atoms with Crippen molar-refractivity contribution in [1.29, 1.82) is 0 Å². The predicted molar refractivity (Wildman–Crippen MR) is 132 cm³/mol. The maximum atomic E-state index is 13.4. The fourth-order valence-corrected chi connectivity index (χ4v) is 4.48. The zero-order chi connectivity index (χ0) is 22.6. The normalized spacial score (nSPS) is 16.5. The van der Waals surface area contributed by atoms with Gasteiger partial charge in [-0.15, -0.1) is 0 Å². The zero-order valence-electron chi connectivity index (χ0n) is 18.9. The maximum Gasteiger partial charge on any atom is 0.256 e. The minimum absolute atomic E-state index is 0.0495. The van der Waals surface area contributed by atoms with Crippen LogP contribution in [0.25, 0.3) is 11.2 Å². The van der Waals surface area contributed by atoms with Crippen molar-refractivity contribution in [3.05, 3.63) is 96.8 Å². The van der Waals surface area contributed by atoms with Gasteiger partial charge in [-0.2, -0.15) is 0 Å².